The Morgan fingerprint density at radius 2 is 2.03 bits per heavy atom. The van der Waals surface area contributed by atoms with E-state index in [1.165, 1.54) is 11.8 Å². The Labute approximate surface area is 196 Å². The van der Waals surface area contributed by atoms with E-state index in [4.69, 9.17) is 9.47 Å². The van der Waals surface area contributed by atoms with Gasteiger partial charge in [-0.05, 0) is 18.2 Å². The molecule has 0 fully saturated rings. The predicted molar refractivity (Wildman–Crippen MR) is 128 cm³/mol. The summed E-state index contributed by atoms with van der Waals surface area (Å²) in [6.45, 7) is 2.02. The van der Waals surface area contributed by atoms with E-state index in [0.29, 0.717) is 41.7 Å². The maximum absolute atomic E-state index is 12.7. The first-order chi connectivity index (χ1) is 16.1. The third kappa shape index (κ3) is 5.74. The van der Waals surface area contributed by atoms with Crippen LogP contribution in [0.15, 0.2) is 58.5 Å². The van der Waals surface area contributed by atoms with Crippen LogP contribution in [0.1, 0.15) is 16.8 Å². The maximum atomic E-state index is 12.7. The summed E-state index contributed by atoms with van der Waals surface area (Å²) in [5.41, 5.74) is 3.07. The van der Waals surface area contributed by atoms with Crippen molar-refractivity contribution in [2.45, 2.75) is 24.7 Å². The zero-order chi connectivity index (χ0) is 23.2. The van der Waals surface area contributed by atoms with E-state index in [1.807, 2.05) is 30.3 Å². The molecule has 1 amide bonds. The van der Waals surface area contributed by atoms with Crippen molar-refractivity contribution < 1.29 is 14.3 Å². The third-order valence-corrected chi connectivity index (χ3v) is 6.28. The highest BCUT2D eigenvalue weighted by Crippen LogP contribution is 2.24. The Balaban J connectivity index is 1.37. The second-order valence-corrected chi connectivity index (χ2v) is 8.60. The van der Waals surface area contributed by atoms with Crippen LogP contribution in [-0.2, 0) is 24.3 Å². The molecule has 33 heavy (non-hydrogen) atoms. The Morgan fingerprint density at radius 1 is 1.18 bits per heavy atom. The number of carbonyl (C=O) groups is 1. The lowest BCUT2D eigenvalue weighted by Crippen LogP contribution is -2.35. The molecule has 0 unspecified atom stereocenters. The van der Waals surface area contributed by atoms with Crippen LogP contribution in [0.4, 0.5) is 5.69 Å². The van der Waals surface area contributed by atoms with Crippen LogP contribution in [0.2, 0.25) is 0 Å². The molecular weight excluding hydrogens is 440 g/mol. The smallest absolute Gasteiger partial charge is 0.256 e. The molecule has 8 nitrogen and oxygen atoms in total. The van der Waals surface area contributed by atoms with Crippen molar-refractivity contribution in [2.75, 3.05) is 31.8 Å². The molecule has 1 aliphatic heterocycles. The van der Waals surface area contributed by atoms with E-state index < -0.39 is 0 Å². The minimum absolute atomic E-state index is 0.138. The molecule has 9 heteroatoms. The molecule has 0 bridgehead atoms. The minimum atomic E-state index is -0.184. The molecule has 2 aromatic carbocycles. The van der Waals surface area contributed by atoms with Gasteiger partial charge in [-0.1, -0.05) is 36.0 Å². The Kier molecular flexibility index (Phi) is 7.31. The number of carbonyl (C=O) groups excluding carboxylic acids is 1. The van der Waals surface area contributed by atoms with Crippen molar-refractivity contribution in [1.29, 1.82) is 0 Å². The van der Waals surface area contributed by atoms with Gasteiger partial charge in [0.15, 0.2) is 5.16 Å². The lowest BCUT2D eigenvalue weighted by molar-refractivity contribution is -0.113. The number of benzene rings is 2. The highest BCUT2D eigenvalue weighted by molar-refractivity contribution is 7.99. The molecule has 3 aromatic rings. The van der Waals surface area contributed by atoms with Crippen LogP contribution < -0.4 is 20.3 Å². The van der Waals surface area contributed by atoms with Crippen molar-refractivity contribution >= 4 is 23.4 Å². The van der Waals surface area contributed by atoms with E-state index in [0.717, 1.165) is 23.6 Å². The molecular formula is C24H26N4O4S. The quantitative estimate of drug-likeness (QED) is 0.389. The first-order valence-electron chi connectivity index (χ1n) is 10.6. The number of aromatic amines is 1. The molecule has 172 valence electrons. The van der Waals surface area contributed by atoms with Crippen molar-refractivity contribution in [2.24, 2.45) is 0 Å². The lowest BCUT2D eigenvalue weighted by atomic mass is 10.1. The van der Waals surface area contributed by atoms with Crippen molar-refractivity contribution in [3.05, 3.63) is 75.7 Å². The Bertz CT molecular complexity index is 1200. The average molecular weight is 467 g/mol. The van der Waals surface area contributed by atoms with Crippen LogP contribution in [0, 0.1) is 0 Å². The SMILES string of the molecule is COc1cccc(NC(=O)CSc2nc3c(c(=O)[nH]2)CN(Cc2ccccc2OC)CC3)c1. The summed E-state index contributed by atoms with van der Waals surface area (Å²) in [4.78, 5) is 34.7. The van der Waals surface area contributed by atoms with Gasteiger partial charge in [0.2, 0.25) is 5.91 Å². The molecule has 0 aliphatic carbocycles. The zero-order valence-electron chi connectivity index (χ0n) is 18.6. The topological polar surface area (TPSA) is 96.5 Å². The summed E-state index contributed by atoms with van der Waals surface area (Å²) >= 11 is 1.21. The summed E-state index contributed by atoms with van der Waals surface area (Å²) in [6.07, 6.45) is 0.679. The predicted octanol–water partition coefficient (Wildman–Crippen LogP) is 3.08. The Morgan fingerprint density at radius 3 is 2.85 bits per heavy atom. The number of para-hydroxylation sites is 1. The van der Waals surface area contributed by atoms with Gasteiger partial charge in [0, 0.05) is 43.4 Å². The van der Waals surface area contributed by atoms with Gasteiger partial charge in [-0.2, -0.15) is 0 Å². The minimum Gasteiger partial charge on any atom is -0.497 e. The zero-order valence-corrected chi connectivity index (χ0v) is 19.4. The van der Waals surface area contributed by atoms with Gasteiger partial charge in [-0.3, -0.25) is 14.5 Å². The first kappa shape index (κ1) is 22.9. The van der Waals surface area contributed by atoms with E-state index in [2.05, 4.69) is 20.2 Å². The largest absolute Gasteiger partial charge is 0.497 e. The number of rotatable bonds is 8. The summed E-state index contributed by atoms with van der Waals surface area (Å²) in [7, 11) is 3.24. The van der Waals surface area contributed by atoms with E-state index in [1.54, 1.807) is 32.4 Å². The van der Waals surface area contributed by atoms with Gasteiger partial charge in [0.05, 0.1) is 31.2 Å². The fourth-order valence-corrected chi connectivity index (χ4v) is 4.45. The van der Waals surface area contributed by atoms with E-state index >= 15 is 0 Å². The maximum Gasteiger partial charge on any atom is 0.256 e. The average Bonchev–Trinajstić information content (AvgIpc) is 2.83. The third-order valence-electron chi connectivity index (χ3n) is 5.41. The first-order valence-corrected chi connectivity index (χ1v) is 11.6. The summed E-state index contributed by atoms with van der Waals surface area (Å²) in [5, 5.41) is 3.28. The molecule has 2 heterocycles. The lowest BCUT2D eigenvalue weighted by Gasteiger charge is -2.28. The number of thioether (sulfide) groups is 1. The fourth-order valence-electron chi connectivity index (χ4n) is 3.77. The van der Waals surface area contributed by atoms with Crippen LogP contribution in [0.25, 0.3) is 0 Å². The molecule has 0 radical (unpaired) electrons. The number of aromatic nitrogens is 2. The molecule has 0 spiro atoms. The van der Waals surface area contributed by atoms with Crippen LogP contribution >= 0.6 is 11.8 Å². The van der Waals surface area contributed by atoms with Crippen LogP contribution in [-0.4, -0.2) is 47.3 Å². The van der Waals surface area contributed by atoms with Crippen molar-refractivity contribution in [3.63, 3.8) is 0 Å². The number of hydrogen-bond acceptors (Lipinski definition) is 7. The number of ether oxygens (including phenoxy) is 2. The number of fused-ring (bicyclic) bond motifs is 1. The monoisotopic (exact) mass is 466 g/mol. The molecule has 1 aliphatic rings. The van der Waals surface area contributed by atoms with Gasteiger partial charge in [0.1, 0.15) is 11.5 Å². The summed E-state index contributed by atoms with van der Waals surface area (Å²) < 4.78 is 10.6. The van der Waals surface area contributed by atoms with Crippen LogP contribution in [0.5, 0.6) is 11.5 Å². The van der Waals surface area contributed by atoms with Gasteiger partial charge in [-0.25, -0.2) is 4.98 Å². The van der Waals surface area contributed by atoms with Gasteiger partial charge >= 0.3 is 0 Å². The fraction of sp³-hybridized carbons (Fsp3) is 0.292. The van der Waals surface area contributed by atoms with E-state index in [9.17, 15) is 9.59 Å². The van der Waals surface area contributed by atoms with Gasteiger partial charge < -0.3 is 19.8 Å². The molecule has 1 aromatic heterocycles. The van der Waals surface area contributed by atoms with Crippen molar-refractivity contribution in [3.8, 4) is 11.5 Å². The highest BCUT2D eigenvalue weighted by Gasteiger charge is 2.22. The van der Waals surface area contributed by atoms with E-state index in [-0.39, 0.29) is 17.2 Å². The number of anilines is 1. The standard InChI is InChI=1S/C24H26N4O4S/c1-31-18-8-5-7-17(12-18)25-22(29)15-33-24-26-20-10-11-28(14-19(20)23(30)27-24)13-16-6-3-4-9-21(16)32-2/h3-9,12H,10-11,13-15H2,1-2H3,(H,25,29)(H,26,27,30). The molecule has 0 saturated carbocycles. The summed E-state index contributed by atoms with van der Waals surface area (Å²) in [6, 6.07) is 15.1. The molecule has 4 rings (SSSR count). The molecule has 0 atom stereocenters. The molecule has 0 saturated heterocycles. The van der Waals surface area contributed by atoms with Gasteiger partial charge in [-0.15, -0.1) is 0 Å². The number of methoxy groups -OCH3 is 2. The highest BCUT2D eigenvalue weighted by atomic mass is 32.2. The number of hydrogen-bond donors (Lipinski definition) is 2. The van der Waals surface area contributed by atoms with Crippen LogP contribution in [0.3, 0.4) is 0 Å². The second kappa shape index (κ2) is 10.5. The second-order valence-electron chi connectivity index (χ2n) is 7.64. The number of nitrogens with zero attached hydrogens (tertiary/aromatic N) is 2. The van der Waals surface area contributed by atoms with Crippen molar-refractivity contribution in [1.82, 2.24) is 14.9 Å². The normalized spacial score (nSPS) is 13.3. The Hall–Kier alpha value is -3.30. The number of H-pyrrole nitrogens is 1. The summed E-state index contributed by atoms with van der Waals surface area (Å²) in [5.74, 6) is 1.46. The van der Waals surface area contributed by atoms with Gasteiger partial charge in [0.25, 0.3) is 5.56 Å². The number of nitrogens with one attached hydrogen (secondary N) is 2. The molecule has 2 N–H and O–H groups in total. The number of amides is 1.